The van der Waals surface area contributed by atoms with E-state index in [1.54, 1.807) is 11.3 Å². The smallest absolute Gasteiger partial charge is 0.0327 e. The van der Waals surface area contributed by atoms with Gasteiger partial charge in [-0.05, 0) is 26.9 Å². The Labute approximate surface area is 84.5 Å². The average molecular weight is 247 g/mol. The maximum absolute atomic E-state index is 5.69. The van der Waals surface area contributed by atoms with Crippen molar-refractivity contribution in [1.82, 2.24) is 4.90 Å². The monoisotopic (exact) mass is 246 g/mol. The molecule has 0 spiro atoms. The summed E-state index contributed by atoms with van der Waals surface area (Å²) in [6.07, 6.45) is 0. The molecule has 66 valence electrons. The molecule has 12 heavy (non-hydrogen) atoms. The van der Waals surface area contributed by atoms with Crippen LogP contribution in [0.5, 0.6) is 0 Å². The normalized spacial score (nSPS) is 19.5. The van der Waals surface area contributed by atoms with E-state index in [4.69, 9.17) is 5.73 Å². The molecule has 0 atom stereocenters. The highest BCUT2D eigenvalue weighted by Crippen LogP contribution is 2.24. The van der Waals surface area contributed by atoms with Crippen LogP contribution in [0, 0.1) is 0 Å². The van der Waals surface area contributed by atoms with Gasteiger partial charge in [-0.3, -0.25) is 4.90 Å². The number of thiophene rings is 1. The summed E-state index contributed by atoms with van der Waals surface area (Å²) < 4.78 is 1.23. The number of likely N-dealkylation sites (tertiary alicyclic amines) is 1. The average Bonchev–Trinajstić information content (AvgIpc) is 2.33. The molecule has 2 heterocycles. The lowest BCUT2D eigenvalue weighted by atomic mass is 10.1. The maximum Gasteiger partial charge on any atom is 0.0327 e. The molecule has 1 aliphatic rings. The van der Waals surface area contributed by atoms with Gasteiger partial charge in [0.15, 0.2) is 0 Å². The van der Waals surface area contributed by atoms with Crippen LogP contribution in [-0.4, -0.2) is 24.0 Å². The van der Waals surface area contributed by atoms with Crippen molar-refractivity contribution in [2.24, 2.45) is 5.73 Å². The lowest BCUT2D eigenvalue weighted by molar-refractivity contribution is 0.142. The number of halogens is 1. The quantitative estimate of drug-likeness (QED) is 0.861. The molecule has 0 bridgehead atoms. The van der Waals surface area contributed by atoms with E-state index in [2.05, 4.69) is 31.6 Å². The van der Waals surface area contributed by atoms with Crippen LogP contribution in [0.2, 0.25) is 0 Å². The zero-order valence-corrected chi connectivity index (χ0v) is 9.07. The Hall–Kier alpha value is 0.100. The van der Waals surface area contributed by atoms with Crippen molar-refractivity contribution in [2.45, 2.75) is 12.6 Å². The summed E-state index contributed by atoms with van der Waals surface area (Å²) in [6, 6.07) is 0.405. The first kappa shape index (κ1) is 8.69. The van der Waals surface area contributed by atoms with Crippen LogP contribution in [0.25, 0.3) is 0 Å². The molecule has 2 rings (SSSR count). The van der Waals surface area contributed by atoms with Crippen LogP contribution < -0.4 is 5.73 Å². The number of nitrogens with zero attached hydrogens (tertiary/aromatic N) is 1. The fourth-order valence-electron chi connectivity index (χ4n) is 1.40. The van der Waals surface area contributed by atoms with Gasteiger partial charge >= 0.3 is 0 Å². The predicted molar refractivity (Wildman–Crippen MR) is 55.3 cm³/mol. The Kier molecular flexibility index (Phi) is 2.50. The van der Waals surface area contributed by atoms with Crippen LogP contribution in [0.15, 0.2) is 15.2 Å². The van der Waals surface area contributed by atoms with Crippen LogP contribution >= 0.6 is 27.3 Å². The van der Waals surface area contributed by atoms with E-state index < -0.39 is 0 Å². The van der Waals surface area contributed by atoms with E-state index >= 15 is 0 Å². The molecule has 0 radical (unpaired) electrons. The lowest BCUT2D eigenvalue weighted by Gasteiger charge is -2.36. The third-order valence-corrected chi connectivity index (χ3v) is 3.90. The minimum atomic E-state index is 0.405. The molecule has 0 amide bonds. The second-order valence-electron chi connectivity index (χ2n) is 3.20. The number of hydrogen-bond donors (Lipinski definition) is 1. The van der Waals surface area contributed by atoms with Crippen molar-refractivity contribution in [3.8, 4) is 0 Å². The van der Waals surface area contributed by atoms with Gasteiger partial charge in [0, 0.05) is 35.5 Å². The summed E-state index contributed by atoms with van der Waals surface area (Å²) in [5.41, 5.74) is 7.07. The molecule has 0 aliphatic carbocycles. The molecule has 0 aromatic carbocycles. The molecule has 0 unspecified atom stereocenters. The number of rotatable bonds is 2. The Morgan fingerprint density at radius 1 is 1.58 bits per heavy atom. The van der Waals surface area contributed by atoms with Gasteiger partial charge < -0.3 is 5.73 Å². The van der Waals surface area contributed by atoms with Crippen molar-refractivity contribution >= 4 is 27.3 Å². The second kappa shape index (κ2) is 3.46. The fraction of sp³-hybridized carbons (Fsp3) is 0.500. The molecular weight excluding hydrogens is 236 g/mol. The predicted octanol–water partition coefficient (Wildman–Crippen LogP) is 1.65. The molecule has 1 fully saturated rings. The third-order valence-electron chi connectivity index (χ3n) is 2.07. The van der Waals surface area contributed by atoms with Gasteiger partial charge in [-0.25, -0.2) is 0 Å². The molecule has 1 aromatic rings. The minimum Gasteiger partial charge on any atom is -0.325 e. The number of hydrogen-bond acceptors (Lipinski definition) is 3. The van der Waals surface area contributed by atoms with E-state index in [9.17, 15) is 0 Å². The maximum atomic E-state index is 5.69. The first-order chi connectivity index (χ1) is 5.75. The lowest BCUT2D eigenvalue weighted by Crippen LogP contribution is -2.54. The molecule has 1 aromatic heterocycles. The first-order valence-electron chi connectivity index (χ1n) is 3.94. The molecule has 2 N–H and O–H groups in total. The molecule has 0 saturated carbocycles. The molecule has 1 saturated heterocycles. The van der Waals surface area contributed by atoms with E-state index in [-0.39, 0.29) is 0 Å². The number of nitrogens with two attached hydrogens (primary N) is 1. The zero-order chi connectivity index (χ0) is 8.55. The zero-order valence-electron chi connectivity index (χ0n) is 6.66. The first-order valence-corrected chi connectivity index (χ1v) is 5.68. The van der Waals surface area contributed by atoms with Gasteiger partial charge in [0.05, 0.1) is 0 Å². The summed E-state index contributed by atoms with van der Waals surface area (Å²) in [5, 5.41) is 4.31. The van der Waals surface area contributed by atoms with Gasteiger partial charge in [-0.2, -0.15) is 11.3 Å². The van der Waals surface area contributed by atoms with Crippen molar-refractivity contribution in [1.29, 1.82) is 0 Å². The Bertz CT molecular complexity index is 268. The van der Waals surface area contributed by atoms with Crippen molar-refractivity contribution in [3.05, 3.63) is 20.8 Å². The van der Waals surface area contributed by atoms with Crippen LogP contribution in [0.1, 0.15) is 5.56 Å². The van der Waals surface area contributed by atoms with Crippen molar-refractivity contribution in [3.63, 3.8) is 0 Å². The van der Waals surface area contributed by atoms with Crippen molar-refractivity contribution in [2.75, 3.05) is 13.1 Å². The summed E-state index contributed by atoms with van der Waals surface area (Å²) in [4.78, 5) is 2.36. The second-order valence-corrected chi connectivity index (χ2v) is 4.80. The van der Waals surface area contributed by atoms with Gasteiger partial charge in [0.1, 0.15) is 0 Å². The van der Waals surface area contributed by atoms with Gasteiger partial charge in [-0.15, -0.1) is 0 Å². The highest BCUT2D eigenvalue weighted by molar-refractivity contribution is 9.10. The van der Waals surface area contributed by atoms with Gasteiger partial charge in [0.25, 0.3) is 0 Å². The van der Waals surface area contributed by atoms with Crippen LogP contribution in [0.4, 0.5) is 0 Å². The Balaban J connectivity index is 1.92. The largest absolute Gasteiger partial charge is 0.325 e. The van der Waals surface area contributed by atoms with Crippen LogP contribution in [0.3, 0.4) is 0 Å². The summed E-state index contributed by atoms with van der Waals surface area (Å²) in [6.45, 7) is 3.13. The molecule has 4 heteroatoms. The molecule has 2 nitrogen and oxygen atoms in total. The van der Waals surface area contributed by atoms with Gasteiger partial charge in [0.2, 0.25) is 0 Å². The van der Waals surface area contributed by atoms with E-state index in [0.29, 0.717) is 6.04 Å². The van der Waals surface area contributed by atoms with Crippen LogP contribution in [-0.2, 0) is 6.54 Å². The van der Waals surface area contributed by atoms with Gasteiger partial charge in [-0.1, -0.05) is 0 Å². The molecule has 1 aliphatic heterocycles. The summed E-state index contributed by atoms with van der Waals surface area (Å²) >= 11 is 5.25. The SMILES string of the molecule is NC1CN(Cc2cscc2Br)C1. The minimum absolute atomic E-state index is 0.405. The highest BCUT2D eigenvalue weighted by Gasteiger charge is 2.23. The standard InChI is InChI=1S/C8H11BrN2S/c9-8-5-12-4-6(8)1-11-2-7(10)3-11/h4-5,7H,1-3,10H2. The third kappa shape index (κ3) is 1.71. The summed E-state index contributed by atoms with van der Waals surface area (Å²) in [5.74, 6) is 0. The van der Waals surface area contributed by atoms with E-state index in [0.717, 1.165) is 19.6 Å². The molecular formula is C8H11BrN2S. The van der Waals surface area contributed by atoms with E-state index in [1.807, 2.05) is 0 Å². The van der Waals surface area contributed by atoms with Crippen molar-refractivity contribution < 1.29 is 0 Å². The van der Waals surface area contributed by atoms with E-state index in [1.165, 1.54) is 10.0 Å². The topological polar surface area (TPSA) is 29.3 Å². The highest BCUT2D eigenvalue weighted by atomic mass is 79.9. The fourth-order valence-corrected chi connectivity index (χ4v) is 2.82. The Morgan fingerprint density at radius 2 is 2.33 bits per heavy atom. The Morgan fingerprint density at radius 3 is 2.83 bits per heavy atom. The summed E-state index contributed by atoms with van der Waals surface area (Å²) in [7, 11) is 0.